The second-order valence-electron chi connectivity index (χ2n) is 5.07. The van der Waals surface area contributed by atoms with Crippen LogP contribution in [-0.2, 0) is 13.0 Å². The van der Waals surface area contributed by atoms with Gasteiger partial charge in [-0.15, -0.1) is 0 Å². The lowest BCUT2D eigenvalue weighted by molar-refractivity contribution is 0.891. The van der Waals surface area contributed by atoms with Crippen LogP contribution in [0.5, 0.6) is 0 Å². The highest BCUT2D eigenvalue weighted by Crippen LogP contribution is 2.22. The molecule has 0 aliphatic heterocycles. The summed E-state index contributed by atoms with van der Waals surface area (Å²) in [5.41, 5.74) is 3.27. The summed E-state index contributed by atoms with van der Waals surface area (Å²) in [4.78, 5) is 4.70. The van der Waals surface area contributed by atoms with Crippen LogP contribution in [-0.4, -0.2) is 9.38 Å². The fraction of sp³-hybridized carbons (Fsp3) is 0.235. The molecule has 21 heavy (non-hydrogen) atoms. The number of aryl methyl sites for hydroxylation is 1. The van der Waals surface area contributed by atoms with Crippen molar-refractivity contribution in [2.75, 3.05) is 5.32 Å². The molecule has 4 heteroatoms. The molecule has 0 fully saturated rings. The molecule has 3 nitrogen and oxygen atoms in total. The van der Waals surface area contributed by atoms with E-state index in [1.165, 1.54) is 5.56 Å². The van der Waals surface area contributed by atoms with E-state index in [-0.39, 0.29) is 0 Å². The van der Waals surface area contributed by atoms with Crippen molar-refractivity contribution in [1.29, 1.82) is 0 Å². The monoisotopic (exact) mass is 299 g/mol. The minimum atomic E-state index is 0.714. The van der Waals surface area contributed by atoms with Crippen LogP contribution in [0.2, 0.25) is 5.02 Å². The molecule has 0 saturated carbocycles. The summed E-state index contributed by atoms with van der Waals surface area (Å²) in [6, 6.07) is 14.2. The molecule has 0 aliphatic carbocycles. The van der Waals surface area contributed by atoms with E-state index < -0.39 is 0 Å². The van der Waals surface area contributed by atoms with Crippen molar-refractivity contribution in [2.45, 2.75) is 26.3 Å². The molecular weight excluding hydrogens is 282 g/mol. The van der Waals surface area contributed by atoms with E-state index in [0.717, 1.165) is 36.5 Å². The lowest BCUT2D eigenvalue weighted by atomic mass is 10.2. The van der Waals surface area contributed by atoms with Crippen LogP contribution in [0.25, 0.3) is 5.65 Å². The van der Waals surface area contributed by atoms with E-state index in [4.69, 9.17) is 16.6 Å². The van der Waals surface area contributed by atoms with Gasteiger partial charge in [0.1, 0.15) is 11.5 Å². The predicted octanol–water partition coefficient (Wildman–Crippen LogP) is 4.55. The molecule has 0 radical (unpaired) electrons. The summed E-state index contributed by atoms with van der Waals surface area (Å²) in [6.45, 7) is 2.94. The number of pyridine rings is 1. The average molecular weight is 300 g/mol. The van der Waals surface area contributed by atoms with Crippen LogP contribution < -0.4 is 5.32 Å². The maximum atomic E-state index is 6.12. The number of nitrogens with zero attached hydrogens (tertiary/aromatic N) is 2. The van der Waals surface area contributed by atoms with Crippen molar-refractivity contribution in [2.24, 2.45) is 0 Å². The zero-order chi connectivity index (χ0) is 14.7. The second-order valence-corrected chi connectivity index (χ2v) is 5.51. The number of benzene rings is 1. The van der Waals surface area contributed by atoms with Gasteiger partial charge >= 0.3 is 0 Å². The molecule has 0 aliphatic rings. The van der Waals surface area contributed by atoms with Gasteiger partial charge in [0.05, 0.1) is 10.7 Å². The number of hydrogen-bond acceptors (Lipinski definition) is 2. The summed E-state index contributed by atoms with van der Waals surface area (Å²) >= 11 is 6.12. The summed E-state index contributed by atoms with van der Waals surface area (Å²) in [6.07, 6.45) is 3.93. The van der Waals surface area contributed by atoms with Crippen LogP contribution in [0.15, 0.2) is 48.7 Å². The number of anilines is 1. The van der Waals surface area contributed by atoms with Gasteiger partial charge in [-0.05, 0) is 24.1 Å². The third kappa shape index (κ3) is 3.03. The topological polar surface area (TPSA) is 29.3 Å². The fourth-order valence-corrected chi connectivity index (χ4v) is 2.61. The SMILES string of the molecule is CCCc1nc2ccc(Cl)cn2c1NCc1ccccc1. The third-order valence-corrected chi connectivity index (χ3v) is 3.67. The molecule has 0 unspecified atom stereocenters. The number of aromatic nitrogens is 2. The Morgan fingerprint density at radius 1 is 1.14 bits per heavy atom. The average Bonchev–Trinajstić information content (AvgIpc) is 2.83. The number of imidazole rings is 1. The van der Waals surface area contributed by atoms with Crippen molar-refractivity contribution in [3.63, 3.8) is 0 Å². The number of nitrogens with one attached hydrogen (secondary N) is 1. The Labute approximate surface area is 129 Å². The van der Waals surface area contributed by atoms with Crippen molar-refractivity contribution in [3.05, 3.63) is 64.9 Å². The van der Waals surface area contributed by atoms with Gasteiger partial charge in [0, 0.05) is 12.7 Å². The van der Waals surface area contributed by atoms with Gasteiger partial charge in [0.2, 0.25) is 0 Å². The van der Waals surface area contributed by atoms with E-state index in [1.54, 1.807) is 0 Å². The molecule has 3 rings (SSSR count). The number of hydrogen-bond donors (Lipinski definition) is 1. The smallest absolute Gasteiger partial charge is 0.138 e. The molecule has 0 atom stereocenters. The number of rotatable bonds is 5. The number of halogens is 1. The molecule has 108 valence electrons. The molecule has 0 saturated heterocycles. The van der Waals surface area contributed by atoms with E-state index in [2.05, 4.69) is 36.5 Å². The molecule has 0 spiro atoms. The van der Waals surface area contributed by atoms with Crippen LogP contribution >= 0.6 is 11.6 Å². The van der Waals surface area contributed by atoms with E-state index in [1.807, 2.05) is 28.8 Å². The number of fused-ring (bicyclic) bond motifs is 1. The zero-order valence-corrected chi connectivity index (χ0v) is 12.8. The highest BCUT2D eigenvalue weighted by molar-refractivity contribution is 6.30. The maximum Gasteiger partial charge on any atom is 0.138 e. The summed E-state index contributed by atoms with van der Waals surface area (Å²) in [5, 5.41) is 4.22. The Morgan fingerprint density at radius 3 is 2.71 bits per heavy atom. The lowest BCUT2D eigenvalue weighted by Crippen LogP contribution is -2.04. The van der Waals surface area contributed by atoms with Gasteiger partial charge in [0.25, 0.3) is 0 Å². The molecule has 2 heterocycles. The van der Waals surface area contributed by atoms with Crippen LogP contribution in [0.1, 0.15) is 24.6 Å². The minimum absolute atomic E-state index is 0.714. The normalized spacial score (nSPS) is 11.0. The first kappa shape index (κ1) is 14.0. The fourth-order valence-electron chi connectivity index (χ4n) is 2.45. The van der Waals surface area contributed by atoms with Gasteiger partial charge in [-0.2, -0.15) is 0 Å². The van der Waals surface area contributed by atoms with Crippen LogP contribution in [0.4, 0.5) is 5.82 Å². The predicted molar refractivity (Wildman–Crippen MR) is 88.0 cm³/mol. The molecule has 0 amide bonds. The maximum absolute atomic E-state index is 6.12. The summed E-state index contributed by atoms with van der Waals surface area (Å²) in [5.74, 6) is 1.04. The largest absolute Gasteiger partial charge is 0.366 e. The Balaban J connectivity index is 1.94. The Bertz CT molecular complexity index is 734. The first-order valence-electron chi connectivity index (χ1n) is 7.22. The molecule has 2 aromatic heterocycles. The highest BCUT2D eigenvalue weighted by atomic mass is 35.5. The summed E-state index contributed by atoms with van der Waals surface area (Å²) < 4.78 is 2.04. The first-order valence-corrected chi connectivity index (χ1v) is 7.60. The van der Waals surface area contributed by atoms with Crippen molar-refractivity contribution in [3.8, 4) is 0 Å². The first-order chi connectivity index (χ1) is 10.3. The van der Waals surface area contributed by atoms with E-state index in [0.29, 0.717) is 5.02 Å². The van der Waals surface area contributed by atoms with Crippen LogP contribution in [0, 0.1) is 0 Å². The van der Waals surface area contributed by atoms with E-state index in [9.17, 15) is 0 Å². The minimum Gasteiger partial charge on any atom is -0.366 e. The molecule has 3 aromatic rings. The van der Waals surface area contributed by atoms with Crippen molar-refractivity contribution < 1.29 is 0 Å². The quantitative estimate of drug-likeness (QED) is 0.749. The van der Waals surface area contributed by atoms with Crippen LogP contribution in [0.3, 0.4) is 0 Å². The summed E-state index contributed by atoms with van der Waals surface area (Å²) in [7, 11) is 0. The van der Waals surface area contributed by atoms with Gasteiger partial charge in [-0.25, -0.2) is 4.98 Å². The third-order valence-electron chi connectivity index (χ3n) is 3.44. The van der Waals surface area contributed by atoms with E-state index >= 15 is 0 Å². The standard InChI is InChI=1S/C17H18ClN3/c1-2-6-15-17(19-11-13-7-4-3-5-8-13)21-12-14(18)9-10-16(21)20-15/h3-5,7-10,12,19H,2,6,11H2,1H3. The van der Waals surface area contributed by atoms with Crippen molar-refractivity contribution in [1.82, 2.24) is 9.38 Å². The molecule has 1 N–H and O–H groups in total. The Hall–Kier alpha value is -2.00. The molecule has 0 bridgehead atoms. The Kier molecular flexibility index (Phi) is 4.11. The molecule has 1 aromatic carbocycles. The zero-order valence-electron chi connectivity index (χ0n) is 12.0. The van der Waals surface area contributed by atoms with Crippen molar-refractivity contribution >= 4 is 23.1 Å². The van der Waals surface area contributed by atoms with Gasteiger partial charge < -0.3 is 5.32 Å². The lowest BCUT2D eigenvalue weighted by Gasteiger charge is -2.08. The molecular formula is C17H18ClN3. The van der Waals surface area contributed by atoms with Gasteiger partial charge in [-0.1, -0.05) is 55.3 Å². The highest BCUT2D eigenvalue weighted by Gasteiger charge is 2.11. The van der Waals surface area contributed by atoms with Gasteiger partial charge in [-0.3, -0.25) is 4.40 Å². The second kappa shape index (κ2) is 6.19. The Morgan fingerprint density at radius 2 is 1.95 bits per heavy atom. The van der Waals surface area contributed by atoms with Gasteiger partial charge in [0.15, 0.2) is 0 Å².